The number of carbonyl (C=O) groups is 1. The molecule has 20 heavy (non-hydrogen) atoms. The Bertz CT molecular complexity index is 487. The van der Waals surface area contributed by atoms with Gasteiger partial charge in [0.1, 0.15) is 6.10 Å². The molecular weight excluding hydrogens is 324 g/mol. The lowest BCUT2D eigenvalue weighted by molar-refractivity contribution is 0.0335. The van der Waals surface area contributed by atoms with Gasteiger partial charge in [0, 0.05) is 10.9 Å². The van der Waals surface area contributed by atoms with Gasteiger partial charge < -0.3 is 14.2 Å². The predicted molar refractivity (Wildman–Crippen MR) is 80.1 cm³/mol. The lowest BCUT2D eigenvalue weighted by atomic mass is 9.97. The summed E-state index contributed by atoms with van der Waals surface area (Å²) in [6.45, 7) is 2.83. The summed E-state index contributed by atoms with van der Waals surface area (Å²) in [5, 5.41) is 0.970. The third-order valence-corrected chi connectivity index (χ3v) is 3.86. The van der Waals surface area contributed by atoms with Gasteiger partial charge in [-0.25, -0.2) is 0 Å². The summed E-state index contributed by atoms with van der Waals surface area (Å²) in [5.74, 6) is 1.27. The highest BCUT2D eigenvalue weighted by Crippen LogP contribution is 2.34. The van der Waals surface area contributed by atoms with Gasteiger partial charge in [-0.3, -0.25) is 4.79 Å². The maximum atomic E-state index is 12.1. The first-order chi connectivity index (χ1) is 9.67. The van der Waals surface area contributed by atoms with Crippen molar-refractivity contribution in [3.63, 3.8) is 0 Å². The molecule has 1 aliphatic heterocycles. The Kier molecular flexibility index (Phi) is 5.43. The molecule has 0 amide bonds. The van der Waals surface area contributed by atoms with Crippen molar-refractivity contribution in [1.82, 2.24) is 0 Å². The van der Waals surface area contributed by atoms with Crippen LogP contribution in [0.3, 0.4) is 0 Å². The molecule has 0 N–H and O–H groups in total. The average molecular weight is 343 g/mol. The maximum Gasteiger partial charge on any atom is 0.191 e. The molecule has 1 unspecified atom stereocenters. The summed E-state index contributed by atoms with van der Waals surface area (Å²) >= 11 is 3.39. The molecule has 1 aliphatic rings. The van der Waals surface area contributed by atoms with E-state index in [2.05, 4.69) is 15.9 Å². The SMILES string of the molecule is COc1cc2c(cc1OCCCCBr)COC(C)C2=O. The first-order valence-corrected chi connectivity index (χ1v) is 7.85. The van der Waals surface area contributed by atoms with E-state index in [4.69, 9.17) is 14.2 Å². The Morgan fingerprint density at radius 2 is 2.15 bits per heavy atom. The summed E-state index contributed by atoms with van der Waals surface area (Å²) < 4.78 is 16.5. The first-order valence-electron chi connectivity index (χ1n) is 6.73. The molecule has 0 fully saturated rings. The standard InChI is InChI=1S/C15H19BrO4/c1-10-15(17)12-8-13(18-2)14(7-11(12)9-20-10)19-6-4-3-5-16/h7-8,10H,3-6,9H2,1-2H3. The highest BCUT2D eigenvalue weighted by Gasteiger charge is 2.26. The Balaban J connectivity index is 2.19. The number of fused-ring (bicyclic) bond motifs is 1. The van der Waals surface area contributed by atoms with Crippen LogP contribution in [0.25, 0.3) is 0 Å². The van der Waals surface area contributed by atoms with Gasteiger partial charge in [-0.2, -0.15) is 0 Å². The van der Waals surface area contributed by atoms with Gasteiger partial charge in [0.15, 0.2) is 17.3 Å². The minimum Gasteiger partial charge on any atom is -0.493 e. The van der Waals surface area contributed by atoms with Gasteiger partial charge in [0.25, 0.3) is 0 Å². The van der Waals surface area contributed by atoms with Crippen LogP contribution in [0.4, 0.5) is 0 Å². The molecule has 2 rings (SSSR count). The lowest BCUT2D eigenvalue weighted by Crippen LogP contribution is -2.27. The van der Waals surface area contributed by atoms with Crippen LogP contribution in [0, 0.1) is 0 Å². The van der Waals surface area contributed by atoms with E-state index in [1.165, 1.54) is 0 Å². The summed E-state index contributed by atoms with van der Waals surface area (Å²) in [5.41, 5.74) is 1.54. The number of hydrogen-bond acceptors (Lipinski definition) is 4. The van der Waals surface area contributed by atoms with Crippen LogP contribution in [-0.2, 0) is 11.3 Å². The van der Waals surface area contributed by atoms with E-state index in [9.17, 15) is 4.79 Å². The number of ether oxygens (including phenoxy) is 3. The number of carbonyl (C=O) groups excluding carboxylic acids is 1. The van der Waals surface area contributed by atoms with Gasteiger partial charge in [-0.1, -0.05) is 15.9 Å². The second kappa shape index (κ2) is 7.09. The van der Waals surface area contributed by atoms with E-state index in [1.54, 1.807) is 20.1 Å². The third kappa shape index (κ3) is 3.33. The summed E-state index contributed by atoms with van der Waals surface area (Å²) in [6, 6.07) is 3.61. The first kappa shape index (κ1) is 15.3. The van der Waals surface area contributed by atoms with Crippen molar-refractivity contribution >= 4 is 21.7 Å². The molecule has 0 saturated heterocycles. The number of hydrogen-bond donors (Lipinski definition) is 0. The molecular formula is C15H19BrO4. The Morgan fingerprint density at radius 1 is 1.35 bits per heavy atom. The molecule has 0 bridgehead atoms. The van der Waals surface area contributed by atoms with E-state index in [-0.39, 0.29) is 5.78 Å². The molecule has 1 heterocycles. The molecule has 4 nitrogen and oxygen atoms in total. The minimum absolute atomic E-state index is 0.00427. The number of alkyl halides is 1. The largest absolute Gasteiger partial charge is 0.493 e. The molecule has 0 saturated carbocycles. The van der Waals surface area contributed by atoms with Crippen molar-refractivity contribution in [2.24, 2.45) is 0 Å². The van der Waals surface area contributed by atoms with E-state index in [1.807, 2.05) is 6.07 Å². The van der Waals surface area contributed by atoms with E-state index in [0.29, 0.717) is 30.3 Å². The van der Waals surface area contributed by atoms with E-state index in [0.717, 1.165) is 23.7 Å². The maximum absolute atomic E-state index is 12.1. The van der Waals surface area contributed by atoms with Gasteiger partial charge in [-0.05, 0) is 37.5 Å². The van der Waals surface area contributed by atoms with Crippen molar-refractivity contribution in [2.45, 2.75) is 32.5 Å². The van der Waals surface area contributed by atoms with E-state index < -0.39 is 6.10 Å². The average Bonchev–Trinajstić information content (AvgIpc) is 2.47. The molecule has 0 spiro atoms. The van der Waals surface area contributed by atoms with Gasteiger partial charge in [0.2, 0.25) is 0 Å². The van der Waals surface area contributed by atoms with Crippen molar-refractivity contribution in [3.8, 4) is 11.5 Å². The second-order valence-electron chi connectivity index (χ2n) is 4.72. The molecule has 1 aromatic carbocycles. The molecule has 1 atom stereocenters. The number of halogens is 1. The van der Waals surface area contributed by atoms with Crippen LogP contribution >= 0.6 is 15.9 Å². The number of rotatable bonds is 6. The highest BCUT2D eigenvalue weighted by molar-refractivity contribution is 9.09. The Labute approximate surface area is 127 Å². The molecule has 5 heteroatoms. The normalized spacial score (nSPS) is 17.8. The zero-order chi connectivity index (χ0) is 14.5. The molecule has 0 aliphatic carbocycles. The van der Waals surface area contributed by atoms with Crippen molar-refractivity contribution in [2.75, 3.05) is 19.0 Å². The Morgan fingerprint density at radius 3 is 2.85 bits per heavy atom. The van der Waals surface area contributed by atoms with Crippen LogP contribution in [0.5, 0.6) is 11.5 Å². The fourth-order valence-corrected chi connectivity index (χ4v) is 2.51. The quantitative estimate of drug-likeness (QED) is 0.587. The smallest absolute Gasteiger partial charge is 0.191 e. The lowest BCUT2D eigenvalue weighted by Gasteiger charge is -2.23. The highest BCUT2D eigenvalue weighted by atomic mass is 79.9. The fraction of sp³-hybridized carbons (Fsp3) is 0.533. The van der Waals surface area contributed by atoms with Crippen molar-refractivity contribution in [3.05, 3.63) is 23.3 Å². The predicted octanol–water partition coefficient (Wildman–Crippen LogP) is 3.35. The summed E-state index contributed by atoms with van der Waals surface area (Å²) in [7, 11) is 1.58. The van der Waals surface area contributed by atoms with Gasteiger partial charge >= 0.3 is 0 Å². The zero-order valence-electron chi connectivity index (χ0n) is 11.8. The molecule has 0 radical (unpaired) electrons. The van der Waals surface area contributed by atoms with Gasteiger partial charge in [-0.15, -0.1) is 0 Å². The van der Waals surface area contributed by atoms with E-state index >= 15 is 0 Å². The number of ketones is 1. The van der Waals surface area contributed by atoms with Gasteiger partial charge in [0.05, 0.1) is 20.3 Å². The third-order valence-electron chi connectivity index (χ3n) is 3.30. The summed E-state index contributed by atoms with van der Waals surface area (Å²) in [4.78, 5) is 12.1. The fourth-order valence-electron chi connectivity index (χ4n) is 2.11. The van der Waals surface area contributed by atoms with Crippen LogP contribution in [0.1, 0.15) is 35.7 Å². The van der Waals surface area contributed by atoms with Crippen LogP contribution < -0.4 is 9.47 Å². The van der Waals surface area contributed by atoms with Crippen molar-refractivity contribution < 1.29 is 19.0 Å². The van der Waals surface area contributed by atoms with Crippen LogP contribution in [-0.4, -0.2) is 30.9 Å². The van der Waals surface area contributed by atoms with Crippen molar-refractivity contribution in [1.29, 1.82) is 0 Å². The second-order valence-corrected chi connectivity index (χ2v) is 5.52. The number of Topliss-reactive ketones (excluding diaryl/α,β-unsaturated/α-hetero) is 1. The number of methoxy groups -OCH3 is 1. The topological polar surface area (TPSA) is 44.8 Å². The zero-order valence-corrected chi connectivity index (χ0v) is 13.4. The molecule has 110 valence electrons. The summed E-state index contributed by atoms with van der Waals surface area (Å²) in [6.07, 6.45) is 1.64. The monoisotopic (exact) mass is 342 g/mol. The Hall–Kier alpha value is -1.07. The van der Waals surface area contributed by atoms with Crippen LogP contribution in [0.2, 0.25) is 0 Å². The minimum atomic E-state index is -0.391. The number of unbranched alkanes of at least 4 members (excludes halogenated alkanes) is 1. The molecule has 0 aromatic heterocycles. The van der Waals surface area contributed by atoms with Crippen LogP contribution in [0.15, 0.2) is 12.1 Å². The number of benzene rings is 1. The molecule has 1 aromatic rings.